The molecule has 0 aromatic heterocycles. The molecule has 1 atom stereocenters. The second-order valence-electron chi connectivity index (χ2n) is 3.11. The zero-order valence-corrected chi connectivity index (χ0v) is 7.75. The zero-order valence-electron chi connectivity index (χ0n) is 7.75. The molecule has 3 nitrogen and oxygen atoms in total. The highest BCUT2D eigenvalue weighted by Crippen LogP contribution is 2.33. The van der Waals surface area contributed by atoms with E-state index in [-0.39, 0.29) is 17.9 Å². The van der Waals surface area contributed by atoms with Gasteiger partial charge >= 0.3 is 6.18 Å². The van der Waals surface area contributed by atoms with Gasteiger partial charge in [0.05, 0.1) is 5.56 Å². The number of halogens is 3. The average Bonchev–Trinajstić information content (AvgIpc) is 2.15. The van der Waals surface area contributed by atoms with Crippen LogP contribution in [-0.2, 0) is 6.18 Å². The molecule has 0 aliphatic heterocycles. The lowest BCUT2D eigenvalue weighted by molar-refractivity contribution is -0.137. The molecule has 84 valence electrons. The average molecular weight is 220 g/mol. The Morgan fingerprint density at radius 1 is 1.33 bits per heavy atom. The van der Waals surface area contributed by atoms with Crippen LogP contribution in [0.5, 0.6) is 5.75 Å². The summed E-state index contributed by atoms with van der Waals surface area (Å²) in [6, 6.07) is 1.77. The molecule has 5 N–H and O–H groups in total. The van der Waals surface area contributed by atoms with Crippen molar-refractivity contribution >= 4 is 0 Å². The van der Waals surface area contributed by atoms with Crippen LogP contribution < -0.4 is 11.5 Å². The molecule has 0 radical (unpaired) electrons. The van der Waals surface area contributed by atoms with Gasteiger partial charge in [-0.05, 0) is 18.2 Å². The van der Waals surface area contributed by atoms with Gasteiger partial charge in [-0.1, -0.05) is 0 Å². The van der Waals surface area contributed by atoms with E-state index in [0.717, 1.165) is 18.2 Å². The van der Waals surface area contributed by atoms with Gasteiger partial charge in [-0.15, -0.1) is 0 Å². The molecule has 1 aromatic carbocycles. The van der Waals surface area contributed by atoms with E-state index in [2.05, 4.69) is 0 Å². The Kier molecular flexibility index (Phi) is 3.21. The van der Waals surface area contributed by atoms with E-state index >= 15 is 0 Å². The maximum atomic E-state index is 12.3. The first-order valence-electron chi connectivity index (χ1n) is 4.22. The van der Waals surface area contributed by atoms with Crippen molar-refractivity contribution in [2.24, 2.45) is 11.5 Å². The number of nitrogens with two attached hydrogens (primary N) is 2. The Hall–Kier alpha value is -1.27. The third-order valence-corrected chi connectivity index (χ3v) is 2.01. The minimum Gasteiger partial charge on any atom is -0.508 e. The van der Waals surface area contributed by atoms with Gasteiger partial charge in [0, 0.05) is 18.2 Å². The van der Waals surface area contributed by atoms with Crippen LogP contribution in [0, 0.1) is 0 Å². The van der Waals surface area contributed by atoms with Gasteiger partial charge in [0.1, 0.15) is 5.75 Å². The number of alkyl halides is 3. The Balaban J connectivity index is 3.17. The van der Waals surface area contributed by atoms with Crippen LogP contribution in [0.1, 0.15) is 17.2 Å². The fraction of sp³-hybridized carbons (Fsp3) is 0.333. The fourth-order valence-electron chi connectivity index (χ4n) is 1.15. The van der Waals surface area contributed by atoms with Gasteiger partial charge < -0.3 is 16.6 Å². The van der Waals surface area contributed by atoms with Gasteiger partial charge in [-0.25, -0.2) is 0 Å². The smallest absolute Gasteiger partial charge is 0.416 e. The quantitative estimate of drug-likeness (QED) is 0.704. The van der Waals surface area contributed by atoms with Gasteiger partial charge in [0.15, 0.2) is 0 Å². The topological polar surface area (TPSA) is 72.3 Å². The van der Waals surface area contributed by atoms with Gasteiger partial charge in [-0.3, -0.25) is 0 Å². The van der Waals surface area contributed by atoms with Gasteiger partial charge in [0.2, 0.25) is 0 Å². The first-order valence-corrected chi connectivity index (χ1v) is 4.22. The highest BCUT2D eigenvalue weighted by atomic mass is 19.4. The van der Waals surface area contributed by atoms with Crippen molar-refractivity contribution in [1.82, 2.24) is 0 Å². The monoisotopic (exact) mass is 220 g/mol. The second kappa shape index (κ2) is 4.08. The number of phenols is 1. The molecule has 1 rings (SSSR count). The van der Waals surface area contributed by atoms with Crippen LogP contribution in [-0.4, -0.2) is 11.7 Å². The van der Waals surface area contributed by atoms with Crippen LogP contribution in [0.2, 0.25) is 0 Å². The number of hydrogen-bond donors (Lipinski definition) is 3. The van der Waals surface area contributed by atoms with Crippen LogP contribution in [0.4, 0.5) is 13.2 Å². The third kappa shape index (κ3) is 2.60. The van der Waals surface area contributed by atoms with Crippen molar-refractivity contribution in [2.45, 2.75) is 12.2 Å². The number of benzene rings is 1. The number of aromatic hydroxyl groups is 1. The standard InChI is InChI=1S/C9H11F3N2O/c10-9(11,12)5-1-2-8(15)6(3-5)7(14)4-13/h1-3,7,15H,4,13-14H2/t7-/m0/s1. The second-order valence-corrected chi connectivity index (χ2v) is 3.11. The summed E-state index contributed by atoms with van der Waals surface area (Å²) >= 11 is 0. The summed E-state index contributed by atoms with van der Waals surface area (Å²) in [6.07, 6.45) is -4.45. The first-order chi connectivity index (χ1) is 6.86. The molecule has 0 saturated heterocycles. The number of phenolic OH excluding ortho intramolecular Hbond substituents is 1. The van der Waals surface area contributed by atoms with Crippen molar-refractivity contribution in [3.8, 4) is 5.75 Å². The van der Waals surface area contributed by atoms with Crippen molar-refractivity contribution in [2.75, 3.05) is 6.54 Å². The van der Waals surface area contributed by atoms with Crippen molar-refractivity contribution in [1.29, 1.82) is 0 Å². The van der Waals surface area contributed by atoms with Crippen LogP contribution in [0.15, 0.2) is 18.2 Å². The third-order valence-electron chi connectivity index (χ3n) is 2.01. The summed E-state index contributed by atoms with van der Waals surface area (Å²) in [5.74, 6) is -0.277. The summed E-state index contributed by atoms with van der Waals surface area (Å²) in [6.45, 7) is -0.0329. The van der Waals surface area contributed by atoms with Crippen molar-refractivity contribution < 1.29 is 18.3 Å². The Bertz CT molecular complexity index is 352. The zero-order chi connectivity index (χ0) is 11.6. The van der Waals surface area contributed by atoms with Gasteiger partial charge in [0.25, 0.3) is 0 Å². The molecule has 1 aromatic rings. The Morgan fingerprint density at radius 3 is 2.40 bits per heavy atom. The predicted octanol–water partition coefficient (Wildman–Crippen LogP) is 1.37. The lowest BCUT2D eigenvalue weighted by atomic mass is 10.0. The van der Waals surface area contributed by atoms with E-state index in [9.17, 15) is 18.3 Å². The summed E-state index contributed by atoms with van der Waals surface area (Å²) in [5.41, 5.74) is 9.83. The number of rotatable bonds is 2. The summed E-state index contributed by atoms with van der Waals surface area (Å²) in [5, 5.41) is 9.30. The molecule has 0 heterocycles. The maximum absolute atomic E-state index is 12.3. The molecule has 0 amide bonds. The van der Waals surface area contributed by atoms with Crippen LogP contribution >= 0.6 is 0 Å². The molecule has 0 aliphatic carbocycles. The largest absolute Gasteiger partial charge is 0.508 e. The fourth-order valence-corrected chi connectivity index (χ4v) is 1.15. The molecule has 0 bridgehead atoms. The number of hydrogen-bond acceptors (Lipinski definition) is 3. The first kappa shape index (κ1) is 11.8. The summed E-state index contributed by atoms with van der Waals surface area (Å²) in [7, 11) is 0. The van der Waals surface area contributed by atoms with E-state index in [1.807, 2.05) is 0 Å². The molecule has 6 heteroatoms. The molecular weight excluding hydrogens is 209 g/mol. The SMILES string of the molecule is NC[C@H](N)c1cc(C(F)(F)F)ccc1O. The molecule has 0 saturated carbocycles. The Morgan fingerprint density at radius 2 is 1.93 bits per heavy atom. The Labute approximate surface area is 84.5 Å². The molecule has 15 heavy (non-hydrogen) atoms. The predicted molar refractivity (Wildman–Crippen MR) is 49.1 cm³/mol. The molecule has 0 unspecified atom stereocenters. The highest BCUT2D eigenvalue weighted by molar-refractivity contribution is 5.39. The van der Waals surface area contributed by atoms with Gasteiger partial charge in [-0.2, -0.15) is 13.2 Å². The molecule has 0 spiro atoms. The van der Waals surface area contributed by atoms with Crippen LogP contribution in [0.3, 0.4) is 0 Å². The lowest BCUT2D eigenvalue weighted by Gasteiger charge is -2.14. The highest BCUT2D eigenvalue weighted by Gasteiger charge is 2.31. The van der Waals surface area contributed by atoms with E-state index in [1.54, 1.807) is 0 Å². The van der Waals surface area contributed by atoms with Crippen molar-refractivity contribution in [3.63, 3.8) is 0 Å². The normalized spacial score (nSPS) is 13.9. The lowest BCUT2D eigenvalue weighted by Crippen LogP contribution is -2.21. The van der Waals surface area contributed by atoms with E-state index in [0.29, 0.717) is 0 Å². The minimum absolute atomic E-state index is 0.00678. The van der Waals surface area contributed by atoms with Crippen molar-refractivity contribution in [3.05, 3.63) is 29.3 Å². The van der Waals surface area contributed by atoms with E-state index in [1.165, 1.54) is 0 Å². The molecular formula is C9H11F3N2O. The van der Waals surface area contributed by atoms with E-state index in [4.69, 9.17) is 11.5 Å². The maximum Gasteiger partial charge on any atom is 0.416 e. The molecule has 0 fully saturated rings. The summed E-state index contributed by atoms with van der Waals surface area (Å²) < 4.78 is 36.9. The molecule has 0 aliphatic rings. The van der Waals surface area contributed by atoms with E-state index < -0.39 is 17.8 Å². The minimum atomic E-state index is -4.45. The van der Waals surface area contributed by atoms with Crippen LogP contribution in [0.25, 0.3) is 0 Å². The summed E-state index contributed by atoms with van der Waals surface area (Å²) in [4.78, 5) is 0.